The van der Waals surface area contributed by atoms with Crippen LogP contribution in [0.2, 0.25) is 0 Å². The molecule has 2 heterocycles. The van der Waals surface area contributed by atoms with Crippen molar-refractivity contribution in [3.05, 3.63) is 0 Å². The van der Waals surface area contributed by atoms with Crippen LogP contribution in [0.5, 0.6) is 0 Å². The molecular formula is C13H18O3. The van der Waals surface area contributed by atoms with Crippen molar-refractivity contribution in [2.75, 3.05) is 0 Å². The van der Waals surface area contributed by atoms with Crippen molar-refractivity contribution >= 4 is 12.1 Å². The highest BCUT2D eigenvalue weighted by atomic mass is 16.5. The fourth-order valence-electron chi connectivity index (χ4n) is 4.53. The van der Waals surface area contributed by atoms with E-state index in [-0.39, 0.29) is 28.8 Å². The molecule has 0 radical (unpaired) electrons. The quantitative estimate of drug-likeness (QED) is 0.683. The lowest BCUT2D eigenvalue weighted by molar-refractivity contribution is -0.155. The van der Waals surface area contributed by atoms with E-state index in [1.54, 1.807) is 6.92 Å². The molecule has 4 rings (SSSR count). The van der Waals surface area contributed by atoms with Crippen molar-refractivity contribution in [2.24, 2.45) is 17.3 Å². The highest BCUT2D eigenvalue weighted by molar-refractivity contribution is 5.77. The van der Waals surface area contributed by atoms with Crippen molar-refractivity contribution in [1.82, 2.24) is 0 Å². The van der Waals surface area contributed by atoms with Crippen LogP contribution in [0.25, 0.3) is 0 Å². The molecule has 2 aliphatic carbocycles. The number of rotatable bonds is 3. The summed E-state index contributed by atoms with van der Waals surface area (Å²) in [5, 5.41) is 0. The van der Waals surface area contributed by atoms with Crippen LogP contribution >= 0.6 is 0 Å². The lowest BCUT2D eigenvalue weighted by Gasteiger charge is -2.45. The van der Waals surface area contributed by atoms with E-state index < -0.39 is 0 Å². The van der Waals surface area contributed by atoms with Gasteiger partial charge in [-0.2, -0.15) is 0 Å². The molecule has 0 amide bonds. The molecule has 2 aliphatic heterocycles. The largest absolute Gasteiger partial charge is 0.371 e. The molecule has 0 aromatic rings. The number of aldehydes is 1. The molecule has 16 heavy (non-hydrogen) atoms. The maximum Gasteiger partial charge on any atom is 0.130 e. The van der Waals surface area contributed by atoms with Gasteiger partial charge in [0.15, 0.2) is 0 Å². The van der Waals surface area contributed by atoms with E-state index in [0.717, 1.165) is 25.5 Å². The summed E-state index contributed by atoms with van der Waals surface area (Å²) in [7, 11) is 0. The monoisotopic (exact) mass is 222 g/mol. The molecule has 0 N–H and O–H groups in total. The highest BCUT2D eigenvalue weighted by Crippen LogP contribution is 2.65. The number of hydrogen-bond donors (Lipinski definition) is 0. The normalized spacial score (nSPS) is 53.2. The molecule has 2 saturated carbocycles. The van der Waals surface area contributed by atoms with Crippen molar-refractivity contribution in [2.45, 2.75) is 51.2 Å². The Bertz CT molecular complexity index is 364. The number of carbonyl (C=O) groups is 2. The van der Waals surface area contributed by atoms with Gasteiger partial charge >= 0.3 is 0 Å². The molecule has 4 aliphatic rings. The summed E-state index contributed by atoms with van der Waals surface area (Å²) in [5.74, 6) is 0.826. The van der Waals surface area contributed by atoms with Gasteiger partial charge in [0, 0.05) is 17.8 Å². The molecule has 3 heteroatoms. The molecular weight excluding hydrogens is 204 g/mol. The van der Waals surface area contributed by atoms with E-state index >= 15 is 0 Å². The van der Waals surface area contributed by atoms with Crippen LogP contribution in [0.15, 0.2) is 0 Å². The predicted molar refractivity (Wildman–Crippen MR) is 57.9 cm³/mol. The van der Waals surface area contributed by atoms with Crippen LogP contribution in [0.1, 0.15) is 39.5 Å². The lowest BCUT2D eigenvalue weighted by atomic mass is 9.65. The van der Waals surface area contributed by atoms with Gasteiger partial charge in [0.2, 0.25) is 0 Å². The third-order valence-electron chi connectivity index (χ3n) is 4.80. The van der Waals surface area contributed by atoms with Gasteiger partial charge in [-0.05, 0) is 39.0 Å². The summed E-state index contributed by atoms with van der Waals surface area (Å²) in [6.07, 6.45) is 4.61. The SMILES string of the molecule is CC(=O)CC1C2OC3(C)CC2CC1(C=O)C3. The molecule has 2 saturated heterocycles. The Hall–Kier alpha value is -0.700. The molecule has 4 bridgehead atoms. The first-order chi connectivity index (χ1) is 7.48. The Morgan fingerprint density at radius 2 is 2.25 bits per heavy atom. The number of ketones is 1. The highest BCUT2D eigenvalue weighted by Gasteiger charge is 2.67. The van der Waals surface area contributed by atoms with Gasteiger partial charge in [0.1, 0.15) is 12.1 Å². The third kappa shape index (κ3) is 1.18. The summed E-state index contributed by atoms with van der Waals surface area (Å²) >= 11 is 0. The van der Waals surface area contributed by atoms with Gasteiger partial charge in [-0.1, -0.05) is 0 Å². The minimum Gasteiger partial charge on any atom is -0.371 e. The van der Waals surface area contributed by atoms with E-state index in [2.05, 4.69) is 6.92 Å². The Morgan fingerprint density at radius 1 is 1.50 bits per heavy atom. The average molecular weight is 222 g/mol. The van der Waals surface area contributed by atoms with E-state index in [4.69, 9.17) is 4.74 Å². The van der Waals surface area contributed by atoms with E-state index in [9.17, 15) is 9.59 Å². The summed E-state index contributed by atoms with van der Waals surface area (Å²) in [5.41, 5.74) is -0.353. The van der Waals surface area contributed by atoms with Crippen LogP contribution in [-0.2, 0) is 14.3 Å². The van der Waals surface area contributed by atoms with Crippen LogP contribution in [0.3, 0.4) is 0 Å². The van der Waals surface area contributed by atoms with E-state index in [1.807, 2.05) is 0 Å². The summed E-state index contributed by atoms with van der Waals surface area (Å²) in [4.78, 5) is 22.8. The zero-order valence-electron chi connectivity index (χ0n) is 9.86. The molecule has 5 atom stereocenters. The first kappa shape index (κ1) is 10.5. The van der Waals surface area contributed by atoms with Gasteiger partial charge in [-0.15, -0.1) is 0 Å². The maximum atomic E-state index is 11.5. The van der Waals surface area contributed by atoms with Crippen LogP contribution in [-0.4, -0.2) is 23.8 Å². The molecule has 5 unspecified atom stereocenters. The first-order valence-corrected chi connectivity index (χ1v) is 6.12. The minimum atomic E-state index is -0.258. The zero-order valence-corrected chi connectivity index (χ0v) is 9.86. The molecule has 0 aromatic carbocycles. The van der Waals surface area contributed by atoms with Crippen LogP contribution in [0, 0.1) is 17.3 Å². The lowest BCUT2D eigenvalue weighted by Crippen LogP contribution is -2.47. The van der Waals surface area contributed by atoms with Crippen molar-refractivity contribution in [3.63, 3.8) is 0 Å². The second kappa shape index (κ2) is 2.95. The summed E-state index contributed by atoms with van der Waals surface area (Å²) < 4.78 is 6.07. The van der Waals surface area contributed by atoms with Crippen molar-refractivity contribution in [1.29, 1.82) is 0 Å². The number of hydrogen-bond acceptors (Lipinski definition) is 3. The van der Waals surface area contributed by atoms with Crippen molar-refractivity contribution < 1.29 is 14.3 Å². The van der Waals surface area contributed by atoms with Crippen LogP contribution in [0.4, 0.5) is 0 Å². The second-order valence-electron chi connectivity index (χ2n) is 6.24. The van der Waals surface area contributed by atoms with E-state index in [1.165, 1.54) is 0 Å². The van der Waals surface area contributed by atoms with Gasteiger partial charge in [0.25, 0.3) is 0 Å². The molecule has 3 nitrogen and oxygen atoms in total. The summed E-state index contributed by atoms with van der Waals surface area (Å²) in [6, 6.07) is 0. The second-order valence-corrected chi connectivity index (χ2v) is 6.24. The third-order valence-corrected chi connectivity index (χ3v) is 4.80. The minimum absolute atomic E-state index is 0.0955. The molecule has 88 valence electrons. The van der Waals surface area contributed by atoms with Gasteiger partial charge < -0.3 is 14.3 Å². The molecule has 0 aromatic heterocycles. The fraction of sp³-hybridized carbons (Fsp3) is 0.846. The Balaban J connectivity index is 1.96. The smallest absolute Gasteiger partial charge is 0.130 e. The number of Topliss-reactive ketones (excluding diaryl/α,β-unsaturated/α-hetero) is 1. The van der Waals surface area contributed by atoms with Gasteiger partial charge in [-0.3, -0.25) is 0 Å². The van der Waals surface area contributed by atoms with Crippen molar-refractivity contribution in [3.8, 4) is 0 Å². The van der Waals surface area contributed by atoms with Gasteiger partial charge in [0.05, 0.1) is 11.7 Å². The molecule has 4 fully saturated rings. The van der Waals surface area contributed by atoms with E-state index in [0.29, 0.717) is 12.3 Å². The van der Waals surface area contributed by atoms with Crippen LogP contribution < -0.4 is 0 Å². The number of carbonyl (C=O) groups excluding carboxylic acids is 2. The molecule has 0 spiro atoms. The average Bonchev–Trinajstić information content (AvgIpc) is 2.54. The standard InChI is InChI=1S/C13H18O3/c1-8(15)3-10-11-9-4-12(2,16-11)6-13(10,5-9)7-14/h7,9-11H,3-6H2,1-2H3. The Labute approximate surface area is 95.5 Å². The maximum absolute atomic E-state index is 11.5. The topological polar surface area (TPSA) is 43.4 Å². The predicted octanol–water partition coefficient (Wildman–Crippen LogP) is 1.74. The Kier molecular flexibility index (Phi) is 1.93. The zero-order chi connectivity index (χ0) is 11.6. The first-order valence-electron chi connectivity index (χ1n) is 6.12. The number of ether oxygens (including phenoxy) is 1. The fourth-order valence-corrected chi connectivity index (χ4v) is 4.53. The Morgan fingerprint density at radius 3 is 2.88 bits per heavy atom. The van der Waals surface area contributed by atoms with Gasteiger partial charge in [-0.25, -0.2) is 0 Å². The summed E-state index contributed by atoms with van der Waals surface area (Å²) in [6.45, 7) is 3.72.